The maximum atomic E-state index is 9.70. The normalized spacial score (nSPS) is 11.1. The molecule has 0 radical (unpaired) electrons. The van der Waals surface area contributed by atoms with Crippen LogP contribution in [0.4, 0.5) is 0 Å². The standard InChI is InChI=1S/C3H9AsO3.C2H7O4P/c1-5-4(6-2)7-3;1-2-6-7(3,4)5/h1-3H3;2H2,1H3,(H2,3,4,5). The van der Waals surface area contributed by atoms with E-state index in [4.69, 9.17) is 21.0 Å². The Bertz CT molecular complexity index is 151. The van der Waals surface area contributed by atoms with Gasteiger partial charge in [-0.3, -0.25) is 4.52 Å². The van der Waals surface area contributed by atoms with Gasteiger partial charge in [0.1, 0.15) is 0 Å². The molecule has 0 spiro atoms. The maximum absolute atomic E-state index is 9.70. The zero-order chi connectivity index (χ0) is 11.6. The SMILES string of the molecule is CCOP(=O)(O)O.CO[As](OC)OC. The van der Waals surface area contributed by atoms with E-state index in [1.165, 1.54) is 6.92 Å². The third-order valence-electron chi connectivity index (χ3n) is 0.744. The summed E-state index contributed by atoms with van der Waals surface area (Å²) in [7, 11) is 0.563. The first-order valence-electron chi connectivity index (χ1n) is 3.53. The predicted octanol–water partition coefficient (Wildman–Crippen LogP) is 0.0261. The molecular formula is C5H16AsO7P. The summed E-state index contributed by atoms with van der Waals surface area (Å²) in [4.78, 5) is 15.8. The number of phosphoric acid groups is 1. The number of rotatable bonds is 5. The molecule has 0 aromatic heterocycles. The average molecular weight is 294 g/mol. The summed E-state index contributed by atoms with van der Waals surface area (Å²) in [5.41, 5.74) is 0. The Labute approximate surface area is 88.9 Å². The van der Waals surface area contributed by atoms with Crippen LogP contribution in [0, 0.1) is 0 Å². The Morgan fingerprint density at radius 2 is 1.50 bits per heavy atom. The Kier molecular flexibility index (Phi) is 12.2. The molecule has 0 heterocycles. The molecular weight excluding hydrogens is 278 g/mol. The molecule has 2 N–H and O–H groups in total. The molecule has 0 saturated carbocycles. The van der Waals surface area contributed by atoms with E-state index in [9.17, 15) is 4.57 Å². The molecule has 0 saturated heterocycles. The summed E-state index contributed by atoms with van der Waals surface area (Å²) in [6.45, 7) is 1.56. The second-order valence-electron chi connectivity index (χ2n) is 1.68. The van der Waals surface area contributed by atoms with Gasteiger partial charge in [-0.15, -0.1) is 0 Å². The molecule has 0 rings (SSSR count). The third-order valence-corrected chi connectivity index (χ3v) is 3.22. The molecule has 9 heteroatoms. The topological polar surface area (TPSA) is 94.5 Å². The molecule has 88 valence electrons. The molecule has 0 unspecified atom stereocenters. The van der Waals surface area contributed by atoms with Crippen molar-refractivity contribution in [3.63, 3.8) is 0 Å². The van der Waals surface area contributed by atoms with Gasteiger partial charge in [-0.2, -0.15) is 0 Å². The van der Waals surface area contributed by atoms with Gasteiger partial charge in [0, 0.05) is 0 Å². The summed E-state index contributed by atoms with van der Waals surface area (Å²) >= 11 is -1.73. The fourth-order valence-electron chi connectivity index (χ4n) is 0.392. The van der Waals surface area contributed by atoms with Gasteiger partial charge < -0.3 is 9.79 Å². The van der Waals surface area contributed by atoms with Crippen molar-refractivity contribution in [2.24, 2.45) is 0 Å². The molecule has 0 aliphatic rings. The summed E-state index contributed by atoms with van der Waals surface area (Å²) in [5.74, 6) is 0. The van der Waals surface area contributed by atoms with Gasteiger partial charge in [0.15, 0.2) is 0 Å². The van der Waals surface area contributed by atoms with E-state index >= 15 is 0 Å². The molecule has 14 heavy (non-hydrogen) atoms. The van der Waals surface area contributed by atoms with Gasteiger partial charge in [-0.1, -0.05) is 0 Å². The van der Waals surface area contributed by atoms with Crippen LogP contribution in [-0.2, 0) is 20.3 Å². The predicted molar refractivity (Wildman–Crippen MR) is 50.5 cm³/mol. The minimum atomic E-state index is -4.17. The Hall–Kier alpha value is 0.548. The van der Waals surface area contributed by atoms with E-state index in [2.05, 4.69) is 4.52 Å². The quantitative estimate of drug-likeness (QED) is 0.545. The van der Waals surface area contributed by atoms with Gasteiger partial charge in [0.05, 0.1) is 6.61 Å². The van der Waals surface area contributed by atoms with Crippen LogP contribution in [0.15, 0.2) is 0 Å². The fourth-order valence-corrected chi connectivity index (χ4v) is 1.67. The van der Waals surface area contributed by atoms with Crippen LogP contribution in [0.2, 0.25) is 0 Å². The third kappa shape index (κ3) is 15.0. The zero-order valence-electron chi connectivity index (χ0n) is 8.54. The van der Waals surface area contributed by atoms with E-state index in [0.29, 0.717) is 0 Å². The van der Waals surface area contributed by atoms with Crippen LogP contribution in [-0.4, -0.2) is 53.4 Å². The van der Waals surface area contributed by atoms with Crippen LogP contribution < -0.4 is 0 Å². The van der Waals surface area contributed by atoms with Crippen molar-refractivity contribution < 1.29 is 30.1 Å². The first-order chi connectivity index (χ1) is 6.41. The van der Waals surface area contributed by atoms with Crippen LogP contribution in [0.1, 0.15) is 6.92 Å². The van der Waals surface area contributed by atoms with Crippen molar-refractivity contribution in [3.8, 4) is 0 Å². The first kappa shape index (κ1) is 17.0. The second kappa shape index (κ2) is 10.1. The van der Waals surface area contributed by atoms with E-state index < -0.39 is 23.5 Å². The molecule has 0 aromatic rings. The van der Waals surface area contributed by atoms with Crippen molar-refractivity contribution in [1.29, 1.82) is 0 Å². The van der Waals surface area contributed by atoms with Crippen LogP contribution in [0.25, 0.3) is 0 Å². The van der Waals surface area contributed by atoms with Crippen LogP contribution in [0.5, 0.6) is 0 Å². The molecule has 0 fully saturated rings. The van der Waals surface area contributed by atoms with Crippen molar-refractivity contribution in [3.05, 3.63) is 0 Å². The first-order valence-corrected chi connectivity index (χ1v) is 7.36. The van der Waals surface area contributed by atoms with Crippen LogP contribution in [0.3, 0.4) is 0 Å². The van der Waals surface area contributed by atoms with Crippen molar-refractivity contribution >= 4 is 23.5 Å². The summed E-state index contributed by atoms with van der Waals surface area (Å²) in [6, 6.07) is 0. The minimum absolute atomic E-state index is 0.0459. The molecule has 7 nitrogen and oxygen atoms in total. The second-order valence-corrected chi connectivity index (χ2v) is 6.16. The van der Waals surface area contributed by atoms with E-state index in [1.54, 1.807) is 21.3 Å². The van der Waals surface area contributed by atoms with E-state index in [-0.39, 0.29) is 6.61 Å². The van der Waals surface area contributed by atoms with Crippen molar-refractivity contribution in [2.45, 2.75) is 6.92 Å². The molecule has 0 aliphatic carbocycles. The fraction of sp³-hybridized carbons (Fsp3) is 1.00. The zero-order valence-corrected chi connectivity index (χ0v) is 11.3. The van der Waals surface area contributed by atoms with Gasteiger partial charge in [0.2, 0.25) is 0 Å². The molecule has 0 amide bonds. The Morgan fingerprint density at radius 1 is 1.14 bits per heavy atom. The summed E-state index contributed by atoms with van der Waals surface area (Å²) in [6.07, 6.45) is 0. The molecule has 0 aromatic carbocycles. The summed E-state index contributed by atoms with van der Waals surface area (Å²) in [5, 5.41) is 0. The average Bonchev–Trinajstić information content (AvgIpc) is 2.06. The molecule has 0 atom stereocenters. The Morgan fingerprint density at radius 3 is 1.50 bits per heavy atom. The van der Waals surface area contributed by atoms with E-state index in [1.807, 2.05) is 0 Å². The monoisotopic (exact) mass is 294 g/mol. The van der Waals surface area contributed by atoms with Crippen molar-refractivity contribution in [1.82, 2.24) is 0 Å². The Balaban J connectivity index is 0. The van der Waals surface area contributed by atoms with Gasteiger partial charge in [-0.05, 0) is 6.92 Å². The van der Waals surface area contributed by atoms with Gasteiger partial charge in [-0.25, -0.2) is 4.57 Å². The number of phosphoric ester groups is 1. The van der Waals surface area contributed by atoms with Gasteiger partial charge in [0.25, 0.3) is 0 Å². The van der Waals surface area contributed by atoms with Crippen molar-refractivity contribution in [2.75, 3.05) is 27.9 Å². The van der Waals surface area contributed by atoms with Gasteiger partial charge >= 0.3 is 56.0 Å². The van der Waals surface area contributed by atoms with E-state index in [0.717, 1.165) is 0 Å². The molecule has 0 bridgehead atoms. The van der Waals surface area contributed by atoms with Crippen LogP contribution >= 0.6 is 7.82 Å². The molecule has 0 aliphatic heterocycles. The number of hydrogen-bond donors (Lipinski definition) is 2. The summed E-state index contributed by atoms with van der Waals surface area (Å²) < 4.78 is 27.8. The number of hydrogen-bond acceptors (Lipinski definition) is 5.